The zero-order valence-corrected chi connectivity index (χ0v) is 15.0. The molecule has 6 aromatic rings. The highest BCUT2D eigenvalue weighted by molar-refractivity contribution is 6.18. The van der Waals surface area contributed by atoms with Crippen LogP contribution >= 0.6 is 0 Å². The van der Waals surface area contributed by atoms with Gasteiger partial charge < -0.3 is 9.55 Å². The van der Waals surface area contributed by atoms with Crippen molar-refractivity contribution in [3.8, 4) is 5.69 Å². The average Bonchev–Trinajstić information content (AvgIpc) is 3.21. The lowest BCUT2D eigenvalue weighted by molar-refractivity contribution is 1.17. The summed E-state index contributed by atoms with van der Waals surface area (Å²) < 4.78 is 2.39. The number of nitrogens with one attached hydrogen (secondary N) is 1. The van der Waals surface area contributed by atoms with Gasteiger partial charge in [-0.2, -0.15) is 0 Å². The molecular weight excluding hydrogens is 328 g/mol. The fourth-order valence-electron chi connectivity index (χ4n) is 4.36. The van der Waals surface area contributed by atoms with Crippen molar-refractivity contribution >= 4 is 43.6 Å². The number of fused-ring (bicyclic) bond motifs is 6. The third kappa shape index (κ3) is 2.01. The van der Waals surface area contributed by atoms with E-state index in [1.807, 2.05) is 0 Å². The maximum atomic E-state index is 3.58. The van der Waals surface area contributed by atoms with Crippen LogP contribution in [0.25, 0.3) is 49.3 Å². The Morgan fingerprint density at radius 2 is 1.41 bits per heavy atom. The predicted octanol–water partition coefficient (Wildman–Crippen LogP) is 6.73. The number of para-hydroxylation sites is 2. The second kappa shape index (κ2) is 5.24. The van der Waals surface area contributed by atoms with Crippen molar-refractivity contribution in [2.24, 2.45) is 0 Å². The Morgan fingerprint density at radius 1 is 0.593 bits per heavy atom. The van der Waals surface area contributed by atoms with E-state index >= 15 is 0 Å². The zero-order valence-electron chi connectivity index (χ0n) is 15.0. The quantitative estimate of drug-likeness (QED) is 0.341. The molecule has 0 atom stereocenters. The van der Waals surface area contributed by atoms with E-state index in [2.05, 4.69) is 101 Å². The van der Waals surface area contributed by atoms with Gasteiger partial charge in [0.2, 0.25) is 0 Å². The molecule has 0 saturated carbocycles. The molecule has 1 N–H and O–H groups in total. The van der Waals surface area contributed by atoms with Gasteiger partial charge in [-0.15, -0.1) is 0 Å². The van der Waals surface area contributed by atoms with E-state index in [0.29, 0.717) is 0 Å². The van der Waals surface area contributed by atoms with Crippen LogP contribution in [-0.2, 0) is 0 Å². The van der Waals surface area contributed by atoms with Gasteiger partial charge in [-0.25, -0.2) is 0 Å². The van der Waals surface area contributed by atoms with Gasteiger partial charge >= 0.3 is 0 Å². The van der Waals surface area contributed by atoms with Gasteiger partial charge in [0.25, 0.3) is 0 Å². The molecule has 0 amide bonds. The number of H-pyrrole nitrogens is 1. The summed E-state index contributed by atoms with van der Waals surface area (Å²) in [6.45, 7) is 2.15. The van der Waals surface area contributed by atoms with Gasteiger partial charge in [0.15, 0.2) is 0 Å². The van der Waals surface area contributed by atoms with Gasteiger partial charge in [-0.3, -0.25) is 0 Å². The standard InChI is InChI=1S/C25H18N2/c1-16-7-6-8-17(13-16)27-24-12-5-3-10-19(24)21-14-23-20(15-25(21)27)18-9-2-4-11-22(18)26-23/h2-15,26H,1H3. The summed E-state index contributed by atoms with van der Waals surface area (Å²) in [5.41, 5.74) is 7.35. The van der Waals surface area contributed by atoms with Crippen LogP contribution in [-0.4, -0.2) is 9.55 Å². The van der Waals surface area contributed by atoms with Crippen molar-refractivity contribution in [2.45, 2.75) is 6.92 Å². The van der Waals surface area contributed by atoms with Crippen LogP contribution in [0.15, 0.2) is 84.9 Å². The molecule has 6 rings (SSSR count). The number of nitrogens with zero attached hydrogens (tertiary/aromatic N) is 1. The molecule has 0 unspecified atom stereocenters. The minimum atomic E-state index is 1.19. The van der Waals surface area contributed by atoms with Crippen molar-refractivity contribution in [1.29, 1.82) is 0 Å². The number of benzene rings is 4. The van der Waals surface area contributed by atoms with Crippen LogP contribution < -0.4 is 0 Å². The van der Waals surface area contributed by atoms with Crippen molar-refractivity contribution in [3.05, 3.63) is 90.5 Å². The van der Waals surface area contributed by atoms with Crippen LogP contribution in [0.5, 0.6) is 0 Å². The monoisotopic (exact) mass is 346 g/mol. The Kier molecular flexibility index (Phi) is 2.84. The first-order valence-corrected chi connectivity index (χ1v) is 9.30. The molecule has 0 aliphatic carbocycles. The Balaban J connectivity index is 1.84. The van der Waals surface area contributed by atoms with E-state index in [0.717, 1.165) is 0 Å². The van der Waals surface area contributed by atoms with E-state index < -0.39 is 0 Å². The summed E-state index contributed by atoms with van der Waals surface area (Å²) >= 11 is 0. The fraction of sp³-hybridized carbons (Fsp3) is 0.0400. The number of hydrogen-bond acceptors (Lipinski definition) is 0. The molecule has 4 aromatic carbocycles. The van der Waals surface area contributed by atoms with Gasteiger partial charge in [-0.05, 0) is 48.9 Å². The molecule has 2 nitrogen and oxygen atoms in total. The van der Waals surface area contributed by atoms with Gasteiger partial charge in [0, 0.05) is 38.3 Å². The van der Waals surface area contributed by atoms with Crippen LogP contribution in [0.2, 0.25) is 0 Å². The van der Waals surface area contributed by atoms with E-state index in [9.17, 15) is 0 Å². The molecule has 0 bridgehead atoms. The summed E-state index contributed by atoms with van der Waals surface area (Å²) in [6.07, 6.45) is 0. The van der Waals surface area contributed by atoms with Crippen LogP contribution in [0.4, 0.5) is 0 Å². The minimum Gasteiger partial charge on any atom is -0.354 e. The zero-order chi connectivity index (χ0) is 18.0. The summed E-state index contributed by atoms with van der Waals surface area (Å²) in [5.74, 6) is 0. The summed E-state index contributed by atoms with van der Waals surface area (Å²) in [4.78, 5) is 3.58. The van der Waals surface area contributed by atoms with E-state index in [1.165, 1.54) is 54.9 Å². The lowest BCUT2D eigenvalue weighted by Crippen LogP contribution is -1.93. The Hall–Kier alpha value is -3.52. The lowest BCUT2D eigenvalue weighted by Gasteiger charge is -2.08. The third-order valence-corrected chi connectivity index (χ3v) is 5.56. The van der Waals surface area contributed by atoms with Crippen molar-refractivity contribution in [2.75, 3.05) is 0 Å². The highest BCUT2D eigenvalue weighted by Crippen LogP contribution is 2.36. The number of aryl methyl sites for hydroxylation is 1. The van der Waals surface area contributed by atoms with Crippen molar-refractivity contribution < 1.29 is 0 Å². The Bertz CT molecular complexity index is 1480. The maximum absolute atomic E-state index is 3.58. The van der Waals surface area contributed by atoms with Gasteiger partial charge in [0.1, 0.15) is 0 Å². The number of hydrogen-bond donors (Lipinski definition) is 1. The molecular formula is C25H18N2. The molecule has 2 heterocycles. The lowest BCUT2D eigenvalue weighted by atomic mass is 10.1. The molecule has 0 aliphatic heterocycles. The van der Waals surface area contributed by atoms with Crippen LogP contribution in [0.3, 0.4) is 0 Å². The highest BCUT2D eigenvalue weighted by atomic mass is 15.0. The van der Waals surface area contributed by atoms with Crippen molar-refractivity contribution in [1.82, 2.24) is 9.55 Å². The van der Waals surface area contributed by atoms with Crippen LogP contribution in [0.1, 0.15) is 5.56 Å². The normalized spacial score (nSPS) is 11.9. The topological polar surface area (TPSA) is 20.7 Å². The fourth-order valence-corrected chi connectivity index (χ4v) is 4.36. The minimum absolute atomic E-state index is 1.19. The number of aromatic nitrogens is 2. The first-order chi connectivity index (χ1) is 13.3. The van der Waals surface area contributed by atoms with Gasteiger partial charge in [0.05, 0.1) is 11.0 Å². The summed E-state index contributed by atoms with van der Waals surface area (Å²) in [7, 11) is 0. The number of aromatic amines is 1. The van der Waals surface area contributed by atoms with Gasteiger partial charge in [-0.1, -0.05) is 48.5 Å². The average molecular weight is 346 g/mol. The second-order valence-electron chi connectivity index (χ2n) is 7.28. The Morgan fingerprint density at radius 3 is 2.30 bits per heavy atom. The van der Waals surface area contributed by atoms with E-state index in [4.69, 9.17) is 0 Å². The van der Waals surface area contributed by atoms with Crippen LogP contribution in [0, 0.1) is 6.92 Å². The maximum Gasteiger partial charge on any atom is 0.0548 e. The second-order valence-corrected chi connectivity index (χ2v) is 7.28. The summed E-state index contributed by atoms with van der Waals surface area (Å²) in [6, 6.07) is 30.6. The third-order valence-electron chi connectivity index (χ3n) is 5.56. The molecule has 27 heavy (non-hydrogen) atoms. The number of rotatable bonds is 1. The van der Waals surface area contributed by atoms with E-state index in [1.54, 1.807) is 0 Å². The summed E-state index contributed by atoms with van der Waals surface area (Å²) in [5, 5.41) is 5.12. The highest BCUT2D eigenvalue weighted by Gasteiger charge is 2.14. The molecule has 128 valence electrons. The molecule has 2 aromatic heterocycles. The molecule has 0 radical (unpaired) electrons. The van der Waals surface area contributed by atoms with E-state index in [-0.39, 0.29) is 0 Å². The molecule has 2 heteroatoms. The predicted molar refractivity (Wildman–Crippen MR) is 115 cm³/mol. The molecule has 0 aliphatic rings. The first-order valence-electron chi connectivity index (χ1n) is 9.30. The first kappa shape index (κ1) is 14.6. The SMILES string of the molecule is Cc1cccc(-n2c3ccccc3c3cc4[nH]c5ccccc5c4cc32)c1. The molecule has 0 saturated heterocycles. The molecule has 0 spiro atoms. The van der Waals surface area contributed by atoms with Crippen molar-refractivity contribution in [3.63, 3.8) is 0 Å². The Labute approximate surface area is 156 Å². The smallest absolute Gasteiger partial charge is 0.0548 e. The largest absolute Gasteiger partial charge is 0.354 e. The molecule has 0 fully saturated rings.